The minimum atomic E-state index is -1.26. The largest absolute Gasteiger partial charge is 0.324 e. The van der Waals surface area contributed by atoms with Gasteiger partial charge in [0, 0.05) is 23.4 Å². The molecule has 1 N–H and O–H groups in total. The van der Waals surface area contributed by atoms with Crippen molar-refractivity contribution in [2.75, 3.05) is 16.8 Å². The zero-order valence-corrected chi connectivity index (χ0v) is 19.1. The molecule has 34 heavy (non-hydrogen) atoms. The number of nitro benzene ring substituents is 1. The monoisotopic (exact) mass is 460 g/mol. The average molecular weight is 460 g/mol. The summed E-state index contributed by atoms with van der Waals surface area (Å²) in [7, 11) is 0. The first kappa shape index (κ1) is 21.0. The molecule has 4 aliphatic heterocycles. The van der Waals surface area contributed by atoms with Crippen LogP contribution in [0.25, 0.3) is 0 Å². The Kier molecular flexibility index (Phi) is 4.15. The first-order chi connectivity index (χ1) is 16.2. The van der Waals surface area contributed by atoms with Crippen molar-refractivity contribution in [1.29, 1.82) is 0 Å². The Bertz CT molecular complexity index is 1340. The lowest BCUT2D eigenvalue weighted by Crippen LogP contribution is -2.54. The normalized spacial score (nSPS) is 29.6. The first-order valence-corrected chi connectivity index (χ1v) is 11.5. The lowest BCUT2D eigenvalue weighted by molar-refractivity contribution is -0.385. The van der Waals surface area contributed by atoms with Crippen LogP contribution in [0.1, 0.15) is 35.1 Å². The number of carbonyl (C=O) groups is 3. The van der Waals surface area contributed by atoms with Gasteiger partial charge in [-0.25, -0.2) is 4.90 Å². The summed E-state index contributed by atoms with van der Waals surface area (Å²) in [5.74, 6) is -2.67. The number of fused-ring (bicyclic) bond motifs is 7. The number of imide groups is 1. The number of nitrogens with zero attached hydrogens (tertiary/aromatic N) is 3. The highest BCUT2D eigenvalue weighted by Crippen LogP contribution is 2.61. The molecule has 174 valence electrons. The third kappa shape index (κ3) is 2.30. The van der Waals surface area contributed by atoms with Crippen molar-refractivity contribution in [1.82, 2.24) is 4.90 Å². The Labute approximate surface area is 195 Å². The number of benzene rings is 2. The standard InChI is InChI=1S/C25H24N4O5/c1-12-10-13(2)21-15(11-12)25(24(32)26-21)20-19(18-8-5-9-27(18)25)22(30)28(23(20)31)16-6-4-7-17(14(16)3)29(33)34/h4,6-7,10-11,18-20H,5,8-9H2,1-3H3,(H,26,32)/t18-,19+,20-,25-/m0/s1. The molecule has 2 aromatic rings. The molecule has 4 heterocycles. The van der Waals surface area contributed by atoms with Gasteiger partial charge in [0.15, 0.2) is 0 Å². The lowest BCUT2D eigenvalue weighted by atomic mass is 9.75. The van der Waals surface area contributed by atoms with Crippen LogP contribution in [0.2, 0.25) is 0 Å². The number of aryl methyl sites for hydroxylation is 2. The van der Waals surface area contributed by atoms with Gasteiger partial charge in [-0.2, -0.15) is 0 Å². The first-order valence-electron chi connectivity index (χ1n) is 11.5. The Morgan fingerprint density at radius 2 is 1.88 bits per heavy atom. The van der Waals surface area contributed by atoms with Gasteiger partial charge in [0.05, 0.1) is 28.0 Å². The van der Waals surface area contributed by atoms with Gasteiger partial charge in [-0.1, -0.05) is 23.8 Å². The molecule has 0 saturated carbocycles. The van der Waals surface area contributed by atoms with Crippen molar-refractivity contribution in [3.63, 3.8) is 0 Å². The number of anilines is 2. The topological polar surface area (TPSA) is 113 Å². The van der Waals surface area contributed by atoms with E-state index in [2.05, 4.69) is 10.2 Å². The van der Waals surface area contributed by atoms with Crippen LogP contribution in [0.4, 0.5) is 17.1 Å². The second-order valence-corrected chi connectivity index (χ2v) is 9.82. The van der Waals surface area contributed by atoms with E-state index in [1.165, 1.54) is 12.1 Å². The summed E-state index contributed by atoms with van der Waals surface area (Å²) in [6.07, 6.45) is 1.55. The fourth-order valence-electron chi connectivity index (χ4n) is 6.95. The summed E-state index contributed by atoms with van der Waals surface area (Å²) < 4.78 is 0. The molecule has 0 unspecified atom stereocenters. The molecule has 4 atom stereocenters. The summed E-state index contributed by atoms with van der Waals surface area (Å²) in [5, 5.41) is 14.5. The third-order valence-corrected chi connectivity index (χ3v) is 8.16. The van der Waals surface area contributed by atoms with Crippen LogP contribution in [0.15, 0.2) is 30.3 Å². The molecule has 0 aliphatic carbocycles. The van der Waals surface area contributed by atoms with E-state index in [4.69, 9.17) is 0 Å². The van der Waals surface area contributed by atoms with Crippen LogP contribution in [-0.4, -0.2) is 40.1 Å². The predicted molar refractivity (Wildman–Crippen MR) is 123 cm³/mol. The van der Waals surface area contributed by atoms with Crippen molar-refractivity contribution in [2.24, 2.45) is 11.8 Å². The van der Waals surface area contributed by atoms with E-state index in [-0.39, 0.29) is 34.8 Å². The molecule has 3 fully saturated rings. The summed E-state index contributed by atoms with van der Waals surface area (Å²) in [6, 6.07) is 8.12. The molecular formula is C25H24N4O5. The molecule has 9 nitrogen and oxygen atoms in total. The van der Waals surface area contributed by atoms with Crippen molar-refractivity contribution in [3.8, 4) is 0 Å². The maximum Gasteiger partial charge on any atom is 0.274 e. The Hall–Kier alpha value is -3.59. The zero-order chi connectivity index (χ0) is 24.1. The van der Waals surface area contributed by atoms with Gasteiger partial charge in [-0.15, -0.1) is 0 Å². The minimum Gasteiger partial charge on any atom is -0.324 e. The van der Waals surface area contributed by atoms with E-state index in [1.54, 1.807) is 13.0 Å². The number of amides is 3. The van der Waals surface area contributed by atoms with Crippen LogP contribution in [0.3, 0.4) is 0 Å². The van der Waals surface area contributed by atoms with Crippen LogP contribution in [-0.2, 0) is 19.9 Å². The highest BCUT2D eigenvalue weighted by molar-refractivity contribution is 6.26. The van der Waals surface area contributed by atoms with Gasteiger partial charge in [-0.05, 0) is 51.8 Å². The SMILES string of the molecule is Cc1cc(C)c2c(c1)[C@@]1(C(=O)N2)[C@@H]2C(=O)N(c3cccc([N+](=O)[O-])c3C)C(=O)[C@@H]2[C@@H]2CCCN21. The van der Waals surface area contributed by atoms with Gasteiger partial charge in [-0.3, -0.25) is 29.4 Å². The lowest BCUT2D eigenvalue weighted by Gasteiger charge is -2.37. The Balaban J connectivity index is 1.57. The van der Waals surface area contributed by atoms with E-state index in [0.29, 0.717) is 12.2 Å². The molecule has 2 aromatic carbocycles. The van der Waals surface area contributed by atoms with Gasteiger partial charge >= 0.3 is 0 Å². The zero-order valence-electron chi connectivity index (χ0n) is 19.1. The maximum atomic E-state index is 14.1. The summed E-state index contributed by atoms with van der Waals surface area (Å²) in [6.45, 7) is 6.06. The smallest absolute Gasteiger partial charge is 0.274 e. The van der Waals surface area contributed by atoms with Gasteiger partial charge in [0.2, 0.25) is 17.7 Å². The van der Waals surface area contributed by atoms with Crippen LogP contribution in [0, 0.1) is 42.7 Å². The average Bonchev–Trinajstić information content (AvgIpc) is 3.48. The Morgan fingerprint density at radius 1 is 1.12 bits per heavy atom. The van der Waals surface area contributed by atoms with E-state index in [1.807, 2.05) is 26.0 Å². The quantitative estimate of drug-likeness (QED) is 0.419. The van der Waals surface area contributed by atoms with E-state index >= 15 is 0 Å². The number of nitro groups is 1. The fourth-order valence-corrected chi connectivity index (χ4v) is 6.95. The van der Waals surface area contributed by atoms with Crippen LogP contribution >= 0.6 is 0 Å². The van der Waals surface area contributed by atoms with E-state index in [9.17, 15) is 24.5 Å². The van der Waals surface area contributed by atoms with E-state index < -0.39 is 28.2 Å². The third-order valence-electron chi connectivity index (χ3n) is 8.16. The number of hydrogen-bond donors (Lipinski definition) is 1. The molecule has 1 spiro atoms. The van der Waals surface area contributed by atoms with Gasteiger partial charge < -0.3 is 5.32 Å². The summed E-state index contributed by atoms with van der Waals surface area (Å²) in [4.78, 5) is 55.9. The summed E-state index contributed by atoms with van der Waals surface area (Å²) in [5.41, 5.74) is 2.44. The summed E-state index contributed by atoms with van der Waals surface area (Å²) >= 11 is 0. The molecule has 4 aliphatic rings. The molecule has 0 aromatic heterocycles. The number of rotatable bonds is 2. The van der Waals surface area contributed by atoms with Crippen LogP contribution < -0.4 is 10.2 Å². The van der Waals surface area contributed by atoms with Gasteiger partial charge in [0.1, 0.15) is 5.54 Å². The fraction of sp³-hybridized carbons (Fsp3) is 0.400. The number of nitrogens with one attached hydrogen (secondary N) is 1. The van der Waals surface area contributed by atoms with Crippen molar-refractivity contribution < 1.29 is 19.3 Å². The molecule has 0 radical (unpaired) electrons. The molecule has 0 bridgehead atoms. The second-order valence-electron chi connectivity index (χ2n) is 9.82. The highest BCUT2D eigenvalue weighted by atomic mass is 16.6. The molecule has 9 heteroatoms. The maximum absolute atomic E-state index is 14.1. The molecule has 3 amide bonds. The molecular weight excluding hydrogens is 436 g/mol. The highest BCUT2D eigenvalue weighted by Gasteiger charge is 2.74. The van der Waals surface area contributed by atoms with Crippen LogP contribution in [0.5, 0.6) is 0 Å². The van der Waals surface area contributed by atoms with Crippen molar-refractivity contribution in [3.05, 3.63) is 62.7 Å². The molecule has 6 rings (SSSR count). The second kappa shape index (κ2) is 6.73. The van der Waals surface area contributed by atoms with Gasteiger partial charge in [0.25, 0.3) is 5.69 Å². The minimum absolute atomic E-state index is 0.150. The molecule has 3 saturated heterocycles. The predicted octanol–water partition coefficient (Wildman–Crippen LogP) is 2.95. The number of carbonyl (C=O) groups excluding carboxylic acids is 3. The Morgan fingerprint density at radius 3 is 2.62 bits per heavy atom. The van der Waals surface area contributed by atoms with Crippen molar-refractivity contribution >= 4 is 34.8 Å². The van der Waals surface area contributed by atoms with E-state index in [0.717, 1.165) is 34.4 Å². The van der Waals surface area contributed by atoms with Crippen molar-refractivity contribution in [2.45, 2.75) is 45.2 Å². The number of hydrogen-bond acceptors (Lipinski definition) is 6.